The molecule has 0 aliphatic carbocycles. The molecule has 2 aromatic rings. The van der Waals surface area contributed by atoms with E-state index in [1.54, 1.807) is 30.3 Å². The smallest absolute Gasteiger partial charge is 0.248 e. The second kappa shape index (κ2) is 10.7. The predicted octanol–water partition coefficient (Wildman–Crippen LogP) is 4.29. The average molecular weight is 467 g/mol. The third kappa shape index (κ3) is 6.72. The molecule has 0 unspecified atom stereocenters. The Bertz CT molecular complexity index is 1070. The number of ether oxygens (including phenoxy) is 2. The van der Waals surface area contributed by atoms with Crippen molar-refractivity contribution in [1.82, 2.24) is 4.31 Å². The lowest BCUT2D eigenvalue weighted by molar-refractivity contribution is -0.111. The van der Waals surface area contributed by atoms with Crippen molar-refractivity contribution in [2.45, 2.75) is 18.7 Å². The van der Waals surface area contributed by atoms with Gasteiger partial charge in [-0.3, -0.25) is 4.79 Å². The first-order valence-corrected chi connectivity index (χ1v) is 11.4. The number of anilines is 1. The Balaban J connectivity index is 2.16. The normalized spacial score (nSPS) is 11.9. The van der Waals surface area contributed by atoms with Crippen LogP contribution in [0.3, 0.4) is 0 Å². The van der Waals surface area contributed by atoms with Crippen molar-refractivity contribution >= 4 is 39.3 Å². The van der Waals surface area contributed by atoms with E-state index in [2.05, 4.69) is 5.32 Å². The molecule has 1 amide bonds. The maximum atomic E-state index is 12.3. The largest absolute Gasteiger partial charge is 0.493 e. The second-order valence-corrected chi connectivity index (χ2v) is 9.94. The molecule has 0 bridgehead atoms. The first-order chi connectivity index (χ1) is 14.5. The lowest BCUT2D eigenvalue weighted by atomic mass is 10.1. The number of halogens is 1. The SMILES string of the molecule is COc1cc(/C=C/C(=O)Nc2cccc(S(=O)(=O)N(C)C)c2)cc(Cl)c1OCC(C)C. The summed E-state index contributed by atoms with van der Waals surface area (Å²) < 4.78 is 36.7. The Morgan fingerprint density at radius 3 is 2.55 bits per heavy atom. The Morgan fingerprint density at radius 1 is 1.23 bits per heavy atom. The fourth-order valence-corrected chi connectivity index (χ4v) is 3.75. The number of nitrogens with one attached hydrogen (secondary N) is 1. The van der Waals surface area contributed by atoms with E-state index in [0.29, 0.717) is 40.3 Å². The molecule has 0 spiro atoms. The molecule has 0 saturated carbocycles. The van der Waals surface area contributed by atoms with E-state index >= 15 is 0 Å². The summed E-state index contributed by atoms with van der Waals surface area (Å²) in [5.74, 6) is 0.832. The summed E-state index contributed by atoms with van der Waals surface area (Å²) >= 11 is 6.33. The highest BCUT2D eigenvalue weighted by atomic mass is 35.5. The van der Waals surface area contributed by atoms with E-state index in [-0.39, 0.29) is 4.90 Å². The number of carbonyl (C=O) groups is 1. The van der Waals surface area contributed by atoms with Gasteiger partial charge in [-0.05, 0) is 47.9 Å². The first kappa shape index (κ1) is 24.7. The molecule has 0 aliphatic rings. The average Bonchev–Trinajstić information content (AvgIpc) is 2.70. The van der Waals surface area contributed by atoms with Crippen LogP contribution in [0, 0.1) is 5.92 Å². The molecule has 0 aromatic heterocycles. The van der Waals surface area contributed by atoms with Crippen LogP contribution in [-0.2, 0) is 14.8 Å². The van der Waals surface area contributed by atoms with Crippen LogP contribution in [0.15, 0.2) is 47.4 Å². The minimum atomic E-state index is -3.59. The van der Waals surface area contributed by atoms with Crippen LogP contribution in [0.4, 0.5) is 5.69 Å². The highest BCUT2D eigenvalue weighted by molar-refractivity contribution is 7.89. The van der Waals surface area contributed by atoms with Gasteiger partial charge in [-0.2, -0.15) is 0 Å². The summed E-state index contributed by atoms with van der Waals surface area (Å²) in [4.78, 5) is 12.4. The summed E-state index contributed by atoms with van der Waals surface area (Å²) in [6, 6.07) is 9.45. The number of hydrogen-bond donors (Lipinski definition) is 1. The summed E-state index contributed by atoms with van der Waals surface area (Å²) in [6.45, 7) is 4.56. The monoisotopic (exact) mass is 466 g/mol. The minimum Gasteiger partial charge on any atom is -0.493 e. The second-order valence-electron chi connectivity index (χ2n) is 7.38. The molecule has 0 saturated heterocycles. The Kier molecular flexibility index (Phi) is 8.50. The standard InChI is InChI=1S/C22H27ClN2O5S/c1-15(2)14-30-22-19(23)11-16(12-20(22)29-5)9-10-21(26)24-17-7-6-8-18(13-17)31(27,28)25(3)4/h6-13,15H,14H2,1-5H3,(H,24,26)/b10-9+. The van der Waals surface area contributed by atoms with Crippen molar-refractivity contribution in [1.29, 1.82) is 0 Å². The zero-order chi connectivity index (χ0) is 23.2. The molecule has 31 heavy (non-hydrogen) atoms. The topological polar surface area (TPSA) is 84.9 Å². The molecule has 9 heteroatoms. The summed E-state index contributed by atoms with van der Waals surface area (Å²) in [5.41, 5.74) is 1.02. The molecule has 0 heterocycles. The van der Waals surface area contributed by atoms with Crippen molar-refractivity contribution in [2.75, 3.05) is 33.1 Å². The molecule has 2 aromatic carbocycles. The maximum absolute atomic E-state index is 12.3. The number of methoxy groups -OCH3 is 1. The first-order valence-electron chi connectivity index (χ1n) is 9.56. The number of sulfonamides is 1. The van der Waals surface area contributed by atoms with Crippen LogP contribution in [0.1, 0.15) is 19.4 Å². The van der Waals surface area contributed by atoms with Gasteiger partial charge in [0.15, 0.2) is 11.5 Å². The highest BCUT2D eigenvalue weighted by Crippen LogP contribution is 2.37. The van der Waals surface area contributed by atoms with Crippen molar-refractivity contribution in [3.8, 4) is 11.5 Å². The van der Waals surface area contributed by atoms with E-state index < -0.39 is 15.9 Å². The van der Waals surface area contributed by atoms with Crippen LogP contribution in [0.25, 0.3) is 6.08 Å². The molecule has 168 valence electrons. The van der Waals surface area contributed by atoms with Gasteiger partial charge in [0, 0.05) is 25.9 Å². The van der Waals surface area contributed by atoms with E-state index in [1.165, 1.54) is 39.4 Å². The number of benzene rings is 2. The highest BCUT2D eigenvalue weighted by Gasteiger charge is 2.17. The molecule has 2 rings (SSSR count). The van der Waals surface area contributed by atoms with Crippen LogP contribution in [0.5, 0.6) is 11.5 Å². The lowest BCUT2D eigenvalue weighted by Crippen LogP contribution is -2.22. The van der Waals surface area contributed by atoms with E-state index in [4.69, 9.17) is 21.1 Å². The van der Waals surface area contributed by atoms with Gasteiger partial charge in [-0.1, -0.05) is 31.5 Å². The maximum Gasteiger partial charge on any atom is 0.248 e. The van der Waals surface area contributed by atoms with Crippen molar-refractivity contribution in [2.24, 2.45) is 5.92 Å². The fourth-order valence-electron chi connectivity index (χ4n) is 2.53. The summed E-state index contributed by atoms with van der Waals surface area (Å²) in [7, 11) is 0.816. The Hall–Kier alpha value is -2.55. The summed E-state index contributed by atoms with van der Waals surface area (Å²) in [6.07, 6.45) is 2.91. The molecule has 7 nitrogen and oxygen atoms in total. The van der Waals surface area contributed by atoms with Crippen LogP contribution < -0.4 is 14.8 Å². The van der Waals surface area contributed by atoms with E-state index in [0.717, 1.165) is 4.31 Å². The predicted molar refractivity (Wildman–Crippen MR) is 123 cm³/mol. The number of hydrogen-bond acceptors (Lipinski definition) is 5. The lowest BCUT2D eigenvalue weighted by Gasteiger charge is -2.14. The zero-order valence-electron chi connectivity index (χ0n) is 18.2. The molecule has 0 aliphatic heterocycles. The van der Waals surface area contributed by atoms with Crippen LogP contribution in [0.2, 0.25) is 5.02 Å². The number of nitrogens with zero attached hydrogens (tertiary/aromatic N) is 1. The fraction of sp³-hybridized carbons (Fsp3) is 0.318. The van der Waals surface area contributed by atoms with Gasteiger partial charge in [-0.15, -0.1) is 0 Å². The molecule has 0 atom stereocenters. The van der Waals surface area contributed by atoms with E-state index in [1.807, 2.05) is 13.8 Å². The number of rotatable bonds is 9. The minimum absolute atomic E-state index is 0.0905. The van der Waals surface area contributed by atoms with Gasteiger partial charge in [0.1, 0.15) is 0 Å². The number of carbonyl (C=O) groups excluding carboxylic acids is 1. The molecular formula is C22H27ClN2O5S. The van der Waals surface area contributed by atoms with Gasteiger partial charge in [-0.25, -0.2) is 12.7 Å². The zero-order valence-corrected chi connectivity index (χ0v) is 19.8. The van der Waals surface area contributed by atoms with Crippen molar-refractivity contribution in [3.05, 3.63) is 53.1 Å². The van der Waals surface area contributed by atoms with Gasteiger partial charge < -0.3 is 14.8 Å². The van der Waals surface area contributed by atoms with Gasteiger partial charge in [0.2, 0.25) is 15.9 Å². The van der Waals surface area contributed by atoms with Crippen LogP contribution in [-0.4, -0.2) is 46.4 Å². The quantitative estimate of drug-likeness (QED) is 0.557. The third-order valence-corrected chi connectivity index (χ3v) is 6.21. The Morgan fingerprint density at radius 2 is 1.94 bits per heavy atom. The van der Waals surface area contributed by atoms with E-state index in [9.17, 15) is 13.2 Å². The van der Waals surface area contributed by atoms with Gasteiger partial charge >= 0.3 is 0 Å². The van der Waals surface area contributed by atoms with Gasteiger partial charge in [0.25, 0.3) is 0 Å². The molecule has 1 N–H and O–H groups in total. The summed E-state index contributed by atoms with van der Waals surface area (Å²) in [5, 5.41) is 3.03. The van der Waals surface area contributed by atoms with Crippen molar-refractivity contribution < 1.29 is 22.7 Å². The molecule has 0 fully saturated rings. The third-order valence-electron chi connectivity index (χ3n) is 4.12. The number of amides is 1. The Labute approximate surface area is 188 Å². The molecular weight excluding hydrogens is 440 g/mol. The van der Waals surface area contributed by atoms with Crippen LogP contribution >= 0.6 is 11.6 Å². The van der Waals surface area contributed by atoms with Gasteiger partial charge in [0.05, 0.1) is 23.6 Å². The van der Waals surface area contributed by atoms with Crippen molar-refractivity contribution in [3.63, 3.8) is 0 Å². The molecule has 0 radical (unpaired) electrons.